The van der Waals surface area contributed by atoms with Crippen LogP contribution in [-0.4, -0.2) is 47.6 Å². The van der Waals surface area contributed by atoms with E-state index in [1.54, 1.807) is 38.4 Å². The number of carbonyl (C=O) groups is 2. The number of benzene rings is 2. The van der Waals surface area contributed by atoms with Gasteiger partial charge in [0.2, 0.25) is 0 Å². The van der Waals surface area contributed by atoms with Gasteiger partial charge in [-0.25, -0.2) is 0 Å². The molecule has 7 heteroatoms. The number of carbonyl (C=O) groups excluding carboxylic acids is 2. The number of nitrogens with one attached hydrogen (secondary N) is 2. The zero-order valence-electron chi connectivity index (χ0n) is 15.1. The van der Waals surface area contributed by atoms with E-state index in [-0.39, 0.29) is 18.4 Å². The van der Waals surface area contributed by atoms with E-state index >= 15 is 0 Å². The predicted molar refractivity (Wildman–Crippen MR) is 103 cm³/mol. The number of anilines is 1. The molecule has 0 bridgehead atoms. The third kappa shape index (κ3) is 4.52. The van der Waals surface area contributed by atoms with Gasteiger partial charge in [0, 0.05) is 25.3 Å². The largest absolute Gasteiger partial charge is 0.484 e. The Hall–Kier alpha value is -3.61. The Morgan fingerprint density at radius 1 is 1.07 bits per heavy atom. The van der Waals surface area contributed by atoms with Crippen molar-refractivity contribution in [2.75, 3.05) is 26.0 Å². The molecule has 1 aromatic heterocycles. The van der Waals surface area contributed by atoms with Gasteiger partial charge >= 0.3 is 0 Å². The van der Waals surface area contributed by atoms with E-state index in [0.717, 1.165) is 5.56 Å². The lowest BCUT2D eigenvalue weighted by molar-refractivity contribution is -0.130. The molecule has 1 heterocycles. The average molecular weight is 364 g/mol. The number of ether oxygens (including phenoxy) is 1. The van der Waals surface area contributed by atoms with Crippen molar-refractivity contribution in [3.8, 4) is 17.0 Å². The summed E-state index contributed by atoms with van der Waals surface area (Å²) in [5.74, 6) is 0.163. The molecule has 2 N–H and O–H groups in total. The second-order valence-electron chi connectivity index (χ2n) is 6.08. The number of nitrogens with zero attached hydrogens (tertiary/aromatic N) is 2. The van der Waals surface area contributed by atoms with Crippen LogP contribution >= 0.6 is 0 Å². The molecule has 2 aromatic carbocycles. The third-order valence-corrected chi connectivity index (χ3v) is 3.92. The lowest BCUT2D eigenvalue weighted by Crippen LogP contribution is -2.27. The fourth-order valence-corrected chi connectivity index (χ4v) is 2.39. The van der Waals surface area contributed by atoms with Crippen LogP contribution in [-0.2, 0) is 4.79 Å². The topological polar surface area (TPSA) is 87.3 Å². The van der Waals surface area contributed by atoms with Crippen molar-refractivity contribution in [1.82, 2.24) is 15.1 Å². The summed E-state index contributed by atoms with van der Waals surface area (Å²) in [6.45, 7) is -0.0336. The van der Waals surface area contributed by atoms with Crippen molar-refractivity contribution in [3.05, 3.63) is 66.4 Å². The molecule has 0 spiro atoms. The first-order chi connectivity index (χ1) is 13.0. The number of aromatic nitrogens is 2. The highest BCUT2D eigenvalue weighted by Gasteiger charge is 2.15. The smallest absolute Gasteiger partial charge is 0.259 e. The van der Waals surface area contributed by atoms with Crippen LogP contribution in [0.2, 0.25) is 0 Å². The SMILES string of the molecule is CN(C)C(=O)COc1ccc(NC(=O)c2cn[nH]c2-c2ccccc2)cc1. The molecular weight excluding hydrogens is 344 g/mol. The predicted octanol–water partition coefficient (Wildman–Crippen LogP) is 2.80. The maximum absolute atomic E-state index is 12.6. The second kappa shape index (κ2) is 8.18. The van der Waals surface area contributed by atoms with Gasteiger partial charge in [-0.15, -0.1) is 0 Å². The van der Waals surface area contributed by atoms with Gasteiger partial charge < -0.3 is 15.0 Å². The molecule has 27 heavy (non-hydrogen) atoms. The lowest BCUT2D eigenvalue weighted by atomic mass is 10.1. The molecule has 7 nitrogen and oxygen atoms in total. The molecular formula is C20H20N4O3. The van der Waals surface area contributed by atoms with Gasteiger partial charge in [0.15, 0.2) is 6.61 Å². The fourth-order valence-electron chi connectivity index (χ4n) is 2.39. The van der Waals surface area contributed by atoms with E-state index in [2.05, 4.69) is 15.5 Å². The van der Waals surface area contributed by atoms with Crippen LogP contribution in [0.25, 0.3) is 11.3 Å². The highest BCUT2D eigenvalue weighted by atomic mass is 16.5. The lowest BCUT2D eigenvalue weighted by Gasteiger charge is -2.12. The number of aromatic amines is 1. The molecule has 0 fully saturated rings. The number of hydrogen-bond donors (Lipinski definition) is 2. The van der Waals surface area contributed by atoms with Crippen LogP contribution in [0.15, 0.2) is 60.8 Å². The first kappa shape index (κ1) is 18.2. The van der Waals surface area contributed by atoms with Crippen molar-refractivity contribution >= 4 is 17.5 Å². The van der Waals surface area contributed by atoms with E-state index in [4.69, 9.17) is 4.74 Å². The van der Waals surface area contributed by atoms with Crippen LogP contribution in [0.5, 0.6) is 5.75 Å². The number of hydrogen-bond acceptors (Lipinski definition) is 4. The van der Waals surface area contributed by atoms with Crippen molar-refractivity contribution in [3.63, 3.8) is 0 Å². The first-order valence-electron chi connectivity index (χ1n) is 8.38. The zero-order chi connectivity index (χ0) is 19.2. The first-order valence-corrected chi connectivity index (χ1v) is 8.38. The highest BCUT2D eigenvalue weighted by molar-refractivity contribution is 6.08. The van der Waals surface area contributed by atoms with E-state index in [0.29, 0.717) is 22.7 Å². The van der Waals surface area contributed by atoms with Crippen LogP contribution in [0.3, 0.4) is 0 Å². The summed E-state index contributed by atoms with van der Waals surface area (Å²) in [7, 11) is 3.34. The molecule has 0 saturated carbocycles. The van der Waals surface area contributed by atoms with Crippen LogP contribution < -0.4 is 10.1 Å². The Kier molecular flexibility index (Phi) is 5.51. The van der Waals surface area contributed by atoms with Crippen molar-refractivity contribution < 1.29 is 14.3 Å². The Morgan fingerprint density at radius 2 is 1.78 bits per heavy atom. The zero-order valence-corrected chi connectivity index (χ0v) is 15.1. The molecule has 138 valence electrons. The molecule has 3 rings (SSSR count). The molecule has 0 atom stereocenters. The molecule has 0 aliphatic rings. The molecule has 0 radical (unpaired) electrons. The van der Waals surface area contributed by atoms with E-state index in [1.165, 1.54) is 11.1 Å². The summed E-state index contributed by atoms with van der Waals surface area (Å²) in [5.41, 5.74) is 2.62. The molecule has 0 unspecified atom stereocenters. The summed E-state index contributed by atoms with van der Waals surface area (Å²) in [4.78, 5) is 25.6. The quantitative estimate of drug-likeness (QED) is 0.704. The Morgan fingerprint density at radius 3 is 2.44 bits per heavy atom. The van der Waals surface area contributed by atoms with Crippen LogP contribution in [0, 0.1) is 0 Å². The highest BCUT2D eigenvalue weighted by Crippen LogP contribution is 2.22. The van der Waals surface area contributed by atoms with Gasteiger partial charge in [-0.2, -0.15) is 5.10 Å². The summed E-state index contributed by atoms with van der Waals surface area (Å²) in [5, 5.41) is 9.69. The van der Waals surface area contributed by atoms with Gasteiger partial charge in [-0.05, 0) is 24.3 Å². The van der Waals surface area contributed by atoms with Gasteiger partial charge in [0.1, 0.15) is 5.75 Å². The van der Waals surface area contributed by atoms with E-state index in [1.807, 2.05) is 30.3 Å². The standard InChI is InChI=1S/C20H20N4O3/c1-24(2)18(25)13-27-16-10-8-15(9-11-16)22-20(26)17-12-21-23-19(17)14-6-4-3-5-7-14/h3-12H,13H2,1-2H3,(H,21,23)(H,22,26). The average Bonchev–Trinajstić information content (AvgIpc) is 3.18. The van der Waals surface area contributed by atoms with Gasteiger partial charge in [-0.3, -0.25) is 14.7 Å². The van der Waals surface area contributed by atoms with Gasteiger partial charge in [0.05, 0.1) is 17.5 Å². The van der Waals surface area contributed by atoms with Crippen LogP contribution in [0.4, 0.5) is 5.69 Å². The number of rotatable bonds is 6. The maximum atomic E-state index is 12.6. The minimum atomic E-state index is -0.265. The number of amides is 2. The van der Waals surface area contributed by atoms with Crippen molar-refractivity contribution in [2.45, 2.75) is 0 Å². The third-order valence-electron chi connectivity index (χ3n) is 3.92. The van der Waals surface area contributed by atoms with Crippen molar-refractivity contribution in [1.29, 1.82) is 0 Å². The maximum Gasteiger partial charge on any atom is 0.259 e. The van der Waals surface area contributed by atoms with Gasteiger partial charge in [0.25, 0.3) is 11.8 Å². The fraction of sp³-hybridized carbons (Fsp3) is 0.150. The minimum Gasteiger partial charge on any atom is -0.484 e. The van der Waals surface area contributed by atoms with Crippen LogP contribution in [0.1, 0.15) is 10.4 Å². The Labute approximate surface area is 157 Å². The summed E-state index contributed by atoms with van der Waals surface area (Å²) < 4.78 is 5.42. The minimum absolute atomic E-state index is 0.0336. The van der Waals surface area contributed by atoms with E-state index in [9.17, 15) is 9.59 Å². The molecule has 2 amide bonds. The second-order valence-corrected chi connectivity index (χ2v) is 6.08. The summed E-state index contributed by atoms with van der Waals surface area (Å²) >= 11 is 0. The molecule has 0 aliphatic carbocycles. The van der Waals surface area contributed by atoms with E-state index < -0.39 is 0 Å². The van der Waals surface area contributed by atoms with Gasteiger partial charge in [-0.1, -0.05) is 30.3 Å². The molecule has 0 saturated heterocycles. The number of H-pyrrole nitrogens is 1. The molecule has 3 aromatic rings. The Bertz CT molecular complexity index is 918. The van der Waals surface area contributed by atoms with Crippen molar-refractivity contribution in [2.24, 2.45) is 0 Å². The summed E-state index contributed by atoms with van der Waals surface area (Å²) in [6.07, 6.45) is 1.50. The summed E-state index contributed by atoms with van der Waals surface area (Å²) in [6, 6.07) is 16.4. The Balaban J connectivity index is 1.65. The normalized spacial score (nSPS) is 10.3. The molecule has 0 aliphatic heterocycles. The monoisotopic (exact) mass is 364 g/mol. The number of likely N-dealkylation sites (N-methyl/N-ethyl adjacent to an activating group) is 1.